The summed E-state index contributed by atoms with van der Waals surface area (Å²) in [6.07, 6.45) is 2.10. The Labute approximate surface area is 129 Å². The van der Waals surface area contributed by atoms with Crippen LogP contribution in [-0.4, -0.2) is 17.9 Å². The van der Waals surface area contributed by atoms with E-state index >= 15 is 0 Å². The van der Waals surface area contributed by atoms with E-state index in [9.17, 15) is 4.79 Å². The fourth-order valence-electron chi connectivity index (χ4n) is 1.67. The molecular weight excluding hydrogens is 280 g/mol. The van der Waals surface area contributed by atoms with Gasteiger partial charge in [0.15, 0.2) is 0 Å². The van der Waals surface area contributed by atoms with Crippen molar-refractivity contribution in [3.05, 3.63) is 65.7 Å². The van der Waals surface area contributed by atoms with E-state index in [0.717, 1.165) is 11.3 Å². The smallest absolute Gasteiger partial charge is 0.240 e. The number of amides is 1. The van der Waals surface area contributed by atoms with Crippen LogP contribution < -0.4 is 5.43 Å². The lowest BCUT2D eigenvalue weighted by Crippen LogP contribution is -2.17. The average molecular weight is 298 g/mol. The second-order valence-electron chi connectivity index (χ2n) is 4.62. The number of carbonyl (C=O) groups excluding carboxylic acids is 1. The first-order valence-electron chi connectivity index (χ1n) is 6.80. The van der Waals surface area contributed by atoms with E-state index < -0.39 is 0 Å². The van der Waals surface area contributed by atoms with Gasteiger partial charge in [0.05, 0.1) is 6.21 Å². The van der Waals surface area contributed by atoms with Crippen LogP contribution in [0.15, 0.2) is 64.6 Å². The molecule has 0 radical (unpaired) electrons. The minimum absolute atomic E-state index is 0.0678. The van der Waals surface area contributed by atoms with Gasteiger partial charge in [0, 0.05) is 17.1 Å². The van der Waals surface area contributed by atoms with Crippen molar-refractivity contribution in [1.82, 2.24) is 5.43 Å². The van der Waals surface area contributed by atoms with E-state index in [-0.39, 0.29) is 5.91 Å². The van der Waals surface area contributed by atoms with Crippen LogP contribution in [0.1, 0.15) is 17.5 Å². The SMILES string of the molecule is Cc1ccc(/C=N\NC(=O)CCSc2ccccc2)cc1. The van der Waals surface area contributed by atoms with E-state index in [1.165, 1.54) is 10.5 Å². The van der Waals surface area contributed by atoms with Crippen molar-refractivity contribution in [2.75, 3.05) is 5.75 Å². The van der Waals surface area contributed by atoms with Gasteiger partial charge in [-0.15, -0.1) is 11.8 Å². The fourth-order valence-corrected chi connectivity index (χ4v) is 2.54. The molecule has 0 saturated heterocycles. The number of benzene rings is 2. The minimum atomic E-state index is -0.0678. The molecule has 0 unspecified atom stereocenters. The van der Waals surface area contributed by atoms with Crippen molar-refractivity contribution >= 4 is 23.9 Å². The van der Waals surface area contributed by atoms with Gasteiger partial charge in [0.25, 0.3) is 0 Å². The first kappa shape index (κ1) is 15.3. The molecule has 2 rings (SSSR count). The Morgan fingerprint density at radius 2 is 1.86 bits per heavy atom. The van der Waals surface area contributed by atoms with Crippen LogP contribution >= 0.6 is 11.8 Å². The average Bonchev–Trinajstić information content (AvgIpc) is 2.50. The van der Waals surface area contributed by atoms with Crippen LogP contribution in [0.2, 0.25) is 0 Å². The maximum Gasteiger partial charge on any atom is 0.240 e. The van der Waals surface area contributed by atoms with Gasteiger partial charge in [-0.05, 0) is 24.6 Å². The highest BCUT2D eigenvalue weighted by atomic mass is 32.2. The highest BCUT2D eigenvalue weighted by Gasteiger charge is 2.00. The quantitative estimate of drug-likeness (QED) is 0.503. The number of carbonyl (C=O) groups is 1. The number of rotatable bonds is 6. The van der Waals surface area contributed by atoms with Crippen molar-refractivity contribution in [3.8, 4) is 0 Å². The highest BCUT2D eigenvalue weighted by molar-refractivity contribution is 7.99. The topological polar surface area (TPSA) is 41.5 Å². The van der Waals surface area contributed by atoms with Gasteiger partial charge < -0.3 is 0 Å². The molecule has 4 heteroatoms. The zero-order valence-electron chi connectivity index (χ0n) is 12.0. The third kappa shape index (κ3) is 5.83. The van der Waals surface area contributed by atoms with Gasteiger partial charge in [0.2, 0.25) is 5.91 Å². The van der Waals surface area contributed by atoms with Gasteiger partial charge in [-0.3, -0.25) is 4.79 Å². The maximum absolute atomic E-state index is 11.6. The lowest BCUT2D eigenvalue weighted by molar-refractivity contribution is -0.120. The molecule has 2 aromatic carbocycles. The van der Waals surface area contributed by atoms with Crippen LogP contribution in [-0.2, 0) is 4.79 Å². The van der Waals surface area contributed by atoms with Crippen LogP contribution in [0.4, 0.5) is 0 Å². The largest absolute Gasteiger partial charge is 0.273 e. The molecule has 0 heterocycles. The van der Waals surface area contributed by atoms with Gasteiger partial charge in [-0.25, -0.2) is 5.43 Å². The molecule has 2 aromatic rings. The third-order valence-corrected chi connectivity index (χ3v) is 3.84. The predicted molar refractivity (Wildman–Crippen MR) is 88.7 cm³/mol. The molecular formula is C17H18N2OS. The number of hydrogen-bond acceptors (Lipinski definition) is 3. The summed E-state index contributed by atoms with van der Waals surface area (Å²) in [5.41, 5.74) is 4.72. The van der Waals surface area contributed by atoms with E-state index in [0.29, 0.717) is 6.42 Å². The number of thioether (sulfide) groups is 1. The Bertz CT molecular complexity index is 594. The van der Waals surface area contributed by atoms with E-state index in [1.54, 1.807) is 18.0 Å². The number of hydrazone groups is 1. The first-order chi connectivity index (χ1) is 10.2. The molecule has 0 spiro atoms. The zero-order valence-corrected chi connectivity index (χ0v) is 12.8. The molecule has 21 heavy (non-hydrogen) atoms. The molecule has 1 N–H and O–H groups in total. The van der Waals surface area contributed by atoms with Crippen molar-refractivity contribution < 1.29 is 4.79 Å². The minimum Gasteiger partial charge on any atom is -0.273 e. The third-order valence-electron chi connectivity index (χ3n) is 2.82. The number of hydrogen-bond donors (Lipinski definition) is 1. The molecule has 0 aliphatic rings. The molecule has 0 fully saturated rings. The Balaban J connectivity index is 1.69. The van der Waals surface area contributed by atoms with Crippen LogP contribution in [0.25, 0.3) is 0 Å². The number of nitrogens with zero attached hydrogens (tertiary/aromatic N) is 1. The van der Waals surface area contributed by atoms with E-state index in [1.807, 2.05) is 61.5 Å². The summed E-state index contributed by atoms with van der Waals surface area (Å²) in [6, 6.07) is 18.0. The van der Waals surface area contributed by atoms with E-state index in [2.05, 4.69) is 10.5 Å². The summed E-state index contributed by atoms with van der Waals surface area (Å²) in [6.45, 7) is 2.03. The standard InChI is InChI=1S/C17H18N2OS/c1-14-7-9-15(10-8-14)13-18-19-17(20)11-12-21-16-5-3-2-4-6-16/h2-10,13H,11-12H2,1H3,(H,19,20)/b18-13-. The molecule has 3 nitrogen and oxygen atoms in total. The summed E-state index contributed by atoms with van der Waals surface area (Å²) in [5.74, 6) is 0.678. The monoisotopic (exact) mass is 298 g/mol. The normalized spacial score (nSPS) is 10.7. The lowest BCUT2D eigenvalue weighted by Gasteiger charge is -2.01. The second kappa shape index (κ2) is 8.27. The van der Waals surface area contributed by atoms with Crippen LogP contribution in [0, 0.1) is 6.92 Å². The summed E-state index contributed by atoms with van der Waals surface area (Å²) in [7, 11) is 0. The summed E-state index contributed by atoms with van der Waals surface area (Å²) in [4.78, 5) is 12.8. The Morgan fingerprint density at radius 1 is 1.14 bits per heavy atom. The first-order valence-corrected chi connectivity index (χ1v) is 7.79. The van der Waals surface area contributed by atoms with Crippen molar-refractivity contribution in [3.63, 3.8) is 0 Å². The van der Waals surface area contributed by atoms with Gasteiger partial charge >= 0.3 is 0 Å². The lowest BCUT2D eigenvalue weighted by atomic mass is 10.2. The molecule has 1 amide bonds. The van der Waals surface area contributed by atoms with Crippen molar-refractivity contribution in [2.45, 2.75) is 18.2 Å². The van der Waals surface area contributed by atoms with Crippen molar-refractivity contribution in [2.24, 2.45) is 5.10 Å². The summed E-state index contributed by atoms with van der Waals surface area (Å²) < 4.78 is 0. The maximum atomic E-state index is 11.6. The van der Waals surface area contributed by atoms with Gasteiger partial charge in [0.1, 0.15) is 0 Å². The van der Waals surface area contributed by atoms with Crippen LogP contribution in [0.5, 0.6) is 0 Å². The predicted octanol–water partition coefficient (Wildman–Crippen LogP) is 3.63. The molecule has 108 valence electrons. The van der Waals surface area contributed by atoms with Crippen LogP contribution in [0.3, 0.4) is 0 Å². The Morgan fingerprint density at radius 3 is 2.57 bits per heavy atom. The Kier molecular flexibility index (Phi) is 6.03. The van der Waals surface area contributed by atoms with E-state index in [4.69, 9.17) is 0 Å². The second-order valence-corrected chi connectivity index (χ2v) is 5.78. The number of aryl methyl sites for hydroxylation is 1. The van der Waals surface area contributed by atoms with Gasteiger partial charge in [-0.2, -0.15) is 5.10 Å². The molecule has 0 aliphatic carbocycles. The van der Waals surface area contributed by atoms with Gasteiger partial charge in [-0.1, -0.05) is 48.0 Å². The summed E-state index contributed by atoms with van der Waals surface area (Å²) in [5, 5.41) is 3.96. The number of nitrogens with one attached hydrogen (secondary N) is 1. The summed E-state index contributed by atoms with van der Waals surface area (Å²) >= 11 is 1.67. The zero-order chi connectivity index (χ0) is 14.9. The molecule has 0 aromatic heterocycles. The Hall–Kier alpha value is -2.07. The molecule has 0 atom stereocenters. The molecule has 0 saturated carbocycles. The molecule has 0 aliphatic heterocycles. The van der Waals surface area contributed by atoms with Crippen molar-refractivity contribution in [1.29, 1.82) is 0 Å². The fraction of sp³-hybridized carbons (Fsp3) is 0.176. The molecule has 0 bridgehead atoms. The highest BCUT2D eigenvalue weighted by Crippen LogP contribution is 2.17.